The normalized spacial score (nSPS) is 12.2. The van der Waals surface area contributed by atoms with E-state index in [-0.39, 0.29) is 5.75 Å². The molecule has 0 aliphatic carbocycles. The van der Waals surface area contributed by atoms with Gasteiger partial charge in [0.2, 0.25) is 0 Å². The Morgan fingerprint density at radius 2 is 2.18 bits per heavy atom. The van der Waals surface area contributed by atoms with E-state index in [0.717, 1.165) is 11.7 Å². The van der Waals surface area contributed by atoms with E-state index >= 15 is 0 Å². The van der Waals surface area contributed by atoms with Gasteiger partial charge in [-0.3, -0.25) is 0 Å². The highest BCUT2D eigenvalue weighted by Crippen LogP contribution is 1.91. The quantitative estimate of drug-likeness (QED) is 0.471. The largest absolute Gasteiger partial charge is 0.499 e. The maximum atomic E-state index is 10.8. The van der Waals surface area contributed by atoms with Crippen molar-refractivity contribution in [2.45, 2.75) is 6.92 Å². The molecule has 0 atom stereocenters. The number of rotatable bonds is 5. The van der Waals surface area contributed by atoms with Crippen molar-refractivity contribution in [1.82, 2.24) is 0 Å². The number of hydrogen-bond donors (Lipinski definition) is 1. The van der Waals surface area contributed by atoms with E-state index in [0.29, 0.717) is 13.2 Å². The van der Waals surface area contributed by atoms with E-state index in [1.165, 1.54) is 0 Å². The summed E-state index contributed by atoms with van der Waals surface area (Å²) in [5, 5.41) is 1.04. The lowest BCUT2D eigenvalue weighted by Gasteiger charge is -1.95. The van der Waals surface area contributed by atoms with Crippen LogP contribution in [0, 0.1) is 0 Å². The Kier molecular flexibility index (Phi) is 4.89. The van der Waals surface area contributed by atoms with Crippen molar-refractivity contribution in [2.75, 3.05) is 18.9 Å². The Hall–Kier alpha value is -0.550. The molecule has 0 aliphatic rings. The summed E-state index contributed by atoms with van der Waals surface area (Å²) in [6.45, 7) is 2.30. The molecule has 0 heterocycles. The minimum Gasteiger partial charge on any atom is -0.499 e. The molecular formula is C6H13NO3S. The molecule has 0 aromatic heterocycles. The molecule has 2 N–H and O–H groups in total. The van der Waals surface area contributed by atoms with E-state index < -0.39 is 9.84 Å². The summed E-state index contributed by atoms with van der Waals surface area (Å²) in [5.74, 6) is 0.0927. The summed E-state index contributed by atoms with van der Waals surface area (Å²) in [5.41, 5.74) is 5.10. The molecule has 0 aliphatic heterocycles. The van der Waals surface area contributed by atoms with E-state index in [9.17, 15) is 8.42 Å². The molecule has 0 aromatic carbocycles. The van der Waals surface area contributed by atoms with Crippen LogP contribution in [-0.4, -0.2) is 27.3 Å². The molecular weight excluding hydrogens is 166 g/mol. The van der Waals surface area contributed by atoms with Crippen molar-refractivity contribution in [1.29, 1.82) is 0 Å². The van der Waals surface area contributed by atoms with Crippen molar-refractivity contribution in [2.24, 2.45) is 5.73 Å². The van der Waals surface area contributed by atoms with Crippen molar-refractivity contribution in [3.63, 3.8) is 0 Å². The zero-order valence-electron chi connectivity index (χ0n) is 6.49. The van der Waals surface area contributed by atoms with Crippen LogP contribution in [0.3, 0.4) is 0 Å². The summed E-state index contributed by atoms with van der Waals surface area (Å²) in [7, 11) is -3.05. The second-order valence-corrected chi connectivity index (χ2v) is 4.06. The summed E-state index contributed by atoms with van der Waals surface area (Å²) in [6.07, 6.45) is 1.16. The fourth-order valence-electron chi connectivity index (χ4n) is 0.356. The third-order valence-corrected chi connectivity index (χ3v) is 2.33. The Bertz CT molecular complexity index is 208. The fraction of sp³-hybridized carbons (Fsp3) is 0.667. The first-order chi connectivity index (χ1) is 5.12. The standard InChI is InChI=1S/C6H13NO3S/c1-2-11(8,9)6-5-10-4-3-7/h5-6H,2-4,7H2,1H3. The maximum Gasteiger partial charge on any atom is 0.174 e. The van der Waals surface area contributed by atoms with Gasteiger partial charge < -0.3 is 10.5 Å². The molecule has 0 saturated heterocycles. The van der Waals surface area contributed by atoms with Crippen LogP contribution in [0.1, 0.15) is 6.92 Å². The van der Waals surface area contributed by atoms with Gasteiger partial charge in [-0.2, -0.15) is 0 Å². The van der Waals surface area contributed by atoms with Gasteiger partial charge >= 0.3 is 0 Å². The van der Waals surface area contributed by atoms with E-state index in [2.05, 4.69) is 0 Å². The van der Waals surface area contributed by atoms with Crippen LogP contribution in [0.2, 0.25) is 0 Å². The topological polar surface area (TPSA) is 69.4 Å². The molecule has 4 nitrogen and oxygen atoms in total. The SMILES string of the molecule is CCS(=O)(=O)C=COCCN. The monoisotopic (exact) mass is 179 g/mol. The zero-order chi connectivity index (χ0) is 8.74. The van der Waals surface area contributed by atoms with Gasteiger partial charge in [-0.1, -0.05) is 6.92 Å². The van der Waals surface area contributed by atoms with E-state index in [1.54, 1.807) is 6.92 Å². The van der Waals surface area contributed by atoms with Gasteiger partial charge in [0.1, 0.15) is 0 Å². The molecule has 0 bridgehead atoms. The van der Waals surface area contributed by atoms with Crippen LogP contribution >= 0.6 is 0 Å². The van der Waals surface area contributed by atoms with Crippen LogP contribution < -0.4 is 5.73 Å². The molecule has 66 valence electrons. The Morgan fingerprint density at radius 3 is 2.64 bits per heavy atom. The van der Waals surface area contributed by atoms with Gasteiger partial charge in [-0.05, 0) is 0 Å². The smallest absolute Gasteiger partial charge is 0.174 e. The lowest BCUT2D eigenvalue weighted by Crippen LogP contribution is -2.05. The molecule has 0 amide bonds. The molecule has 5 heteroatoms. The van der Waals surface area contributed by atoms with Gasteiger partial charge in [-0.15, -0.1) is 0 Å². The van der Waals surface area contributed by atoms with Gasteiger partial charge in [0.15, 0.2) is 9.84 Å². The van der Waals surface area contributed by atoms with Crippen molar-refractivity contribution in [3.05, 3.63) is 11.7 Å². The number of nitrogens with two attached hydrogens (primary N) is 1. The van der Waals surface area contributed by atoms with Crippen LogP contribution in [-0.2, 0) is 14.6 Å². The summed E-state index contributed by atoms with van der Waals surface area (Å²) in [6, 6.07) is 0. The van der Waals surface area contributed by atoms with Gasteiger partial charge in [-0.25, -0.2) is 8.42 Å². The van der Waals surface area contributed by atoms with Gasteiger partial charge in [0, 0.05) is 6.54 Å². The highest BCUT2D eigenvalue weighted by Gasteiger charge is 1.98. The molecule has 0 rings (SSSR count). The minimum atomic E-state index is -3.05. The summed E-state index contributed by atoms with van der Waals surface area (Å²) >= 11 is 0. The van der Waals surface area contributed by atoms with Crippen LogP contribution in [0.25, 0.3) is 0 Å². The molecule has 0 aromatic rings. The lowest BCUT2D eigenvalue weighted by molar-refractivity contribution is 0.260. The number of hydrogen-bond acceptors (Lipinski definition) is 4. The first-order valence-corrected chi connectivity index (χ1v) is 5.05. The van der Waals surface area contributed by atoms with Gasteiger partial charge in [0.05, 0.1) is 24.0 Å². The molecule has 0 radical (unpaired) electrons. The average molecular weight is 179 g/mol. The third-order valence-electron chi connectivity index (χ3n) is 0.997. The molecule has 0 fully saturated rings. The molecule has 0 saturated carbocycles. The minimum absolute atomic E-state index is 0.0927. The van der Waals surface area contributed by atoms with Crippen LogP contribution in [0.15, 0.2) is 11.7 Å². The molecule has 0 spiro atoms. The highest BCUT2D eigenvalue weighted by molar-refractivity contribution is 7.94. The predicted molar refractivity (Wildman–Crippen MR) is 43.6 cm³/mol. The number of ether oxygens (including phenoxy) is 1. The maximum absolute atomic E-state index is 10.8. The first kappa shape index (κ1) is 10.4. The second-order valence-electron chi connectivity index (χ2n) is 1.88. The Balaban J connectivity index is 3.74. The van der Waals surface area contributed by atoms with Crippen LogP contribution in [0.4, 0.5) is 0 Å². The Labute approximate surface area is 67.0 Å². The van der Waals surface area contributed by atoms with Gasteiger partial charge in [0.25, 0.3) is 0 Å². The van der Waals surface area contributed by atoms with Crippen LogP contribution in [0.5, 0.6) is 0 Å². The van der Waals surface area contributed by atoms with E-state index in [4.69, 9.17) is 10.5 Å². The molecule has 0 unspecified atom stereocenters. The van der Waals surface area contributed by atoms with Crippen molar-refractivity contribution < 1.29 is 13.2 Å². The highest BCUT2D eigenvalue weighted by atomic mass is 32.2. The lowest BCUT2D eigenvalue weighted by atomic mass is 10.7. The average Bonchev–Trinajstić information content (AvgIpc) is 1.99. The first-order valence-electron chi connectivity index (χ1n) is 3.33. The number of sulfone groups is 1. The second kappa shape index (κ2) is 5.15. The zero-order valence-corrected chi connectivity index (χ0v) is 7.30. The summed E-state index contributed by atoms with van der Waals surface area (Å²) < 4.78 is 26.3. The fourth-order valence-corrected chi connectivity index (χ4v) is 0.797. The molecule has 11 heavy (non-hydrogen) atoms. The van der Waals surface area contributed by atoms with Crippen molar-refractivity contribution >= 4 is 9.84 Å². The van der Waals surface area contributed by atoms with Crippen molar-refractivity contribution in [3.8, 4) is 0 Å². The third kappa shape index (κ3) is 5.87. The summed E-state index contributed by atoms with van der Waals surface area (Å²) in [4.78, 5) is 0. The Morgan fingerprint density at radius 1 is 1.55 bits per heavy atom. The predicted octanol–water partition coefficient (Wildman–Crippen LogP) is -0.132. The van der Waals surface area contributed by atoms with E-state index in [1.807, 2.05) is 0 Å².